The quantitative estimate of drug-likeness (QED) is 0.692. The van der Waals surface area contributed by atoms with E-state index in [1.54, 1.807) is 20.8 Å². The third kappa shape index (κ3) is 3.56. The standard InChI is InChI=1S/C8H13BN2O5/c1-8(2,3)15-7(12)11-6(4-5-10-11)16-9(13)14/h4-5,13-14H,1-3H3. The number of ether oxygens (including phenoxy) is 1. The average Bonchev–Trinajstić information content (AvgIpc) is 2.47. The monoisotopic (exact) mass is 228 g/mol. The Labute approximate surface area is 92.8 Å². The van der Waals surface area contributed by atoms with Crippen molar-refractivity contribution in [2.45, 2.75) is 26.4 Å². The lowest BCUT2D eigenvalue weighted by molar-refractivity contribution is 0.0503. The summed E-state index contributed by atoms with van der Waals surface area (Å²) in [6, 6.07) is 1.31. The predicted molar refractivity (Wildman–Crippen MR) is 54.7 cm³/mol. The van der Waals surface area contributed by atoms with Gasteiger partial charge in [0.15, 0.2) is 0 Å². The highest BCUT2D eigenvalue weighted by atomic mass is 16.6. The molecule has 0 aliphatic rings. The SMILES string of the molecule is CC(C)(C)OC(=O)n1nccc1OB(O)O. The molecule has 0 aliphatic carbocycles. The first-order valence-electron chi connectivity index (χ1n) is 4.60. The van der Waals surface area contributed by atoms with Crippen molar-refractivity contribution in [2.24, 2.45) is 0 Å². The fraction of sp³-hybridized carbons (Fsp3) is 0.500. The number of hydrogen-bond donors (Lipinski definition) is 2. The van der Waals surface area contributed by atoms with Crippen molar-refractivity contribution in [3.8, 4) is 5.88 Å². The van der Waals surface area contributed by atoms with Crippen LogP contribution in [0.25, 0.3) is 0 Å². The number of rotatable bonds is 2. The molecule has 0 amide bonds. The van der Waals surface area contributed by atoms with Gasteiger partial charge in [0.1, 0.15) is 5.60 Å². The fourth-order valence-corrected chi connectivity index (χ4v) is 0.931. The van der Waals surface area contributed by atoms with E-state index in [0.717, 1.165) is 4.68 Å². The molecule has 7 nitrogen and oxygen atoms in total. The van der Waals surface area contributed by atoms with Crippen LogP contribution in [0, 0.1) is 0 Å². The molecule has 0 bridgehead atoms. The molecule has 0 fully saturated rings. The van der Waals surface area contributed by atoms with E-state index >= 15 is 0 Å². The first-order valence-corrected chi connectivity index (χ1v) is 4.60. The topological polar surface area (TPSA) is 93.8 Å². The normalized spacial score (nSPS) is 11.1. The summed E-state index contributed by atoms with van der Waals surface area (Å²) in [5.74, 6) is -0.107. The minimum Gasteiger partial charge on any atom is -0.497 e. The maximum atomic E-state index is 11.6. The van der Waals surface area contributed by atoms with Crippen LogP contribution in [0.1, 0.15) is 20.8 Å². The number of hydrogen-bond acceptors (Lipinski definition) is 6. The summed E-state index contributed by atoms with van der Waals surface area (Å²) in [5, 5.41) is 20.9. The zero-order chi connectivity index (χ0) is 12.3. The molecule has 1 rings (SSSR count). The lowest BCUT2D eigenvalue weighted by Crippen LogP contribution is -2.30. The summed E-state index contributed by atoms with van der Waals surface area (Å²) < 4.78 is 10.4. The second-order valence-electron chi connectivity index (χ2n) is 4.01. The maximum absolute atomic E-state index is 11.6. The van der Waals surface area contributed by atoms with E-state index in [1.165, 1.54) is 12.3 Å². The molecule has 1 aromatic rings. The molecule has 0 aromatic carbocycles. The molecule has 8 heteroatoms. The van der Waals surface area contributed by atoms with Gasteiger partial charge in [0.25, 0.3) is 0 Å². The van der Waals surface area contributed by atoms with E-state index in [0.29, 0.717) is 0 Å². The summed E-state index contributed by atoms with van der Waals surface area (Å²) >= 11 is 0. The van der Waals surface area contributed by atoms with E-state index in [9.17, 15) is 4.79 Å². The van der Waals surface area contributed by atoms with Gasteiger partial charge >= 0.3 is 13.4 Å². The van der Waals surface area contributed by atoms with Gasteiger partial charge in [0, 0.05) is 6.07 Å². The molecule has 0 spiro atoms. The summed E-state index contributed by atoms with van der Waals surface area (Å²) in [5.41, 5.74) is -0.669. The Kier molecular flexibility index (Phi) is 3.56. The van der Waals surface area contributed by atoms with Crippen LogP contribution >= 0.6 is 0 Å². The van der Waals surface area contributed by atoms with Crippen LogP contribution in [-0.2, 0) is 4.74 Å². The fourth-order valence-electron chi connectivity index (χ4n) is 0.931. The first kappa shape index (κ1) is 12.5. The third-order valence-electron chi connectivity index (χ3n) is 1.40. The van der Waals surface area contributed by atoms with Gasteiger partial charge in [-0.25, -0.2) is 4.79 Å². The Hall–Kier alpha value is -1.54. The number of nitrogens with zero attached hydrogens (tertiary/aromatic N) is 2. The van der Waals surface area contributed by atoms with Crippen molar-refractivity contribution >= 4 is 13.4 Å². The molecule has 2 N–H and O–H groups in total. The van der Waals surface area contributed by atoms with Crippen LogP contribution < -0.4 is 4.65 Å². The Bertz CT molecular complexity index is 371. The number of carbonyl (C=O) groups excluding carboxylic acids is 1. The van der Waals surface area contributed by atoms with Crippen LogP contribution in [-0.4, -0.2) is 38.8 Å². The highest BCUT2D eigenvalue weighted by molar-refractivity contribution is 6.33. The van der Waals surface area contributed by atoms with Crippen LogP contribution in [0.2, 0.25) is 0 Å². The van der Waals surface area contributed by atoms with Crippen LogP contribution in [0.5, 0.6) is 5.88 Å². The van der Waals surface area contributed by atoms with Gasteiger partial charge in [-0.15, -0.1) is 4.68 Å². The zero-order valence-electron chi connectivity index (χ0n) is 9.25. The van der Waals surface area contributed by atoms with Crippen molar-refractivity contribution in [1.29, 1.82) is 0 Å². The first-order chi connectivity index (χ1) is 7.29. The molecule has 16 heavy (non-hydrogen) atoms. The van der Waals surface area contributed by atoms with Gasteiger partial charge in [-0.1, -0.05) is 0 Å². The molecular weight excluding hydrogens is 215 g/mol. The van der Waals surface area contributed by atoms with Gasteiger partial charge in [-0.2, -0.15) is 5.10 Å². The summed E-state index contributed by atoms with van der Waals surface area (Å²) in [7, 11) is -2.02. The zero-order valence-corrected chi connectivity index (χ0v) is 9.25. The van der Waals surface area contributed by atoms with Crippen molar-refractivity contribution in [3.05, 3.63) is 12.3 Å². The highest BCUT2D eigenvalue weighted by Crippen LogP contribution is 2.14. The predicted octanol–water partition coefficient (Wildman–Crippen LogP) is 0.0146. The Morgan fingerprint density at radius 2 is 2.12 bits per heavy atom. The minimum absolute atomic E-state index is 0.107. The van der Waals surface area contributed by atoms with Gasteiger partial charge in [0.05, 0.1) is 6.20 Å². The maximum Gasteiger partial charge on any atom is 0.708 e. The molecule has 0 saturated heterocycles. The van der Waals surface area contributed by atoms with Gasteiger partial charge in [-0.05, 0) is 20.8 Å². The van der Waals surface area contributed by atoms with Gasteiger partial charge in [-0.3, -0.25) is 0 Å². The Morgan fingerprint density at radius 1 is 1.50 bits per heavy atom. The van der Waals surface area contributed by atoms with Crippen molar-refractivity contribution in [2.75, 3.05) is 0 Å². The van der Waals surface area contributed by atoms with Crippen molar-refractivity contribution < 1.29 is 24.2 Å². The molecule has 0 saturated carbocycles. The van der Waals surface area contributed by atoms with Gasteiger partial charge in [0.2, 0.25) is 5.88 Å². The molecule has 0 radical (unpaired) electrons. The van der Waals surface area contributed by atoms with E-state index < -0.39 is 19.0 Å². The van der Waals surface area contributed by atoms with E-state index in [-0.39, 0.29) is 5.88 Å². The smallest absolute Gasteiger partial charge is 0.497 e. The van der Waals surface area contributed by atoms with E-state index in [4.69, 9.17) is 14.8 Å². The lowest BCUT2D eigenvalue weighted by atomic mass is 10.2. The molecule has 0 aliphatic heterocycles. The molecule has 88 valence electrons. The second-order valence-corrected chi connectivity index (χ2v) is 4.01. The molecular formula is C8H13BN2O5. The molecule has 0 atom stereocenters. The number of carbonyl (C=O) groups is 1. The van der Waals surface area contributed by atoms with Crippen LogP contribution in [0.4, 0.5) is 4.79 Å². The summed E-state index contributed by atoms with van der Waals surface area (Å²) in [4.78, 5) is 11.6. The average molecular weight is 228 g/mol. The van der Waals surface area contributed by atoms with Gasteiger partial charge < -0.3 is 19.4 Å². The molecule has 0 unspecified atom stereocenters. The summed E-state index contributed by atoms with van der Waals surface area (Å²) in [6.07, 6.45) is 0.523. The van der Waals surface area contributed by atoms with E-state index in [2.05, 4.69) is 9.75 Å². The van der Waals surface area contributed by atoms with E-state index in [1.807, 2.05) is 0 Å². The highest BCUT2D eigenvalue weighted by Gasteiger charge is 2.23. The van der Waals surface area contributed by atoms with Crippen LogP contribution in [0.15, 0.2) is 12.3 Å². The molecule has 1 heterocycles. The lowest BCUT2D eigenvalue weighted by Gasteiger charge is -2.19. The Balaban J connectivity index is 2.80. The largest absolute Gasteiger partial charge is 0.708 e. The molecule has 1 aromatic heterocycles. The minimum atomic E-state index is -2.02. The second kappa shape index (κ2) is 4.54. The summed E-state index contributed by atoms with van der Waals surface area (Å²) in [6.45, 7) is 5.11. The third-order valence-corrected chi connectivity index (χ3v) is 1.40. The van der Waals surface area contributed by atoms with Crippen molar-refractivity contribution in [3.63, 3.8) is 0 Å². The Morgan fingerprint density at radius 3 is 2.62 bits per heavy atom. The number of aromatic nitrogens is 2. The van der Waals surface area contributed by atoms with Crippen LogP contribution in [0.3, 0.4) is 0 Å². The van der Waals surface area contributed by atoms with Crippen molar-refractivity contribution in [1.82, 2.24) is 9.78 Å².